The van der Waals surface area contributed by atoms with Gasteiger partial charge in [-0.1, -0.05) is 49.8 Å². The average Bonchev–Trinajstić information content (AvgIpc) is 3.00. The second-order valence-electron chi connectivity index (χ2n) is 11.0. The van der Waals surface area contributed by atoms with Crippen LogP contribution in [0.1, 0.15) is 70.8 Å². The normalized spacial score (nSPS) is 44.2. The van der Waals surface area contributed by atoms with Crippen molar-refractivity contribution in [3.8, 4) is 0 Å². The van der Waals surface area contributed by atoms with Crippen molar-refractivity contribution in [1.29, 1.82) is 5.41 Å². The molecule has 0 amide bonds. The van der Waals surface area contributed by atoms with E-state index in [9.17, 15) is 10.2 Å². The first-order valence-corrected chi connectivity index (χ1v) is 12.0. The Labute approximate surface area is 190 Å². The van der Waals surface area contributed by atoms with Crippen LogP contribution in [0.2, 0.25) is 0 Å². The Morgan fingerprint density at radius 1 is 1.03 bits per heavy atom. The van der Waals surface area contributed by atoms with E-state index >= 15 is 0 Å². The molecule has 0 unspecified atom stereocenters. The summed E-state index contributed by atoms with van der Waals surface area (Å²) < 4.78 is 0. The van der Waals surface area contributed by atoms with Gasteiger partial charge in [-0.3, -0.25) is 5.41 Å². The molecule has 5 rings (SSSR count). The molecule has 0 aromatic heterocycles. The van der Waals surface area contributed by atoms with Crippen molar-refractivity contribution >= 4 is 11.7 Å². The quantitative estimate of drug-likeness (QED) is 0.276. The van der Waals surface area contributed by atoms with Gasteiger partial charge >= 0.3 is 0 Å². The number of nitrogens with two attached hydrogens (primary N) is 1. The Morgan fingerprint density at radius 3 is 2.50 bits per heavy atom. The molecule has 0 saturated heterocycles. The summed E-state index contributed by atoms with van der Waals surface area (Å²) in [6, 6.07) is 9.99. The highest BCUT2D eigenvalue weighted by atomic mass is 16.3. The predicted molar refractivity (Wildman–Crippen MR) is 126 cm³/mol. The van der Waals surface area contributed by atoms with Gasteiger partial charge in [0.2, 0.25) is 5.96 Å². The number of allylic oxidation sites excluding steroid dienone is 2. The molecule has 4 aliphatic carbocycles. The van der Waals surface area contributed by atoms with Crippen LogP contribution in [0.5, 0.6) is 0 Å². The van der Waals surface area contributed by atoms with Crippen LogP contribution < -0.4 is 11.2 Å². The van der Waals surface area contributed by atoms with Crippen LogP contribution >= 0.6 is 0 Å². The van der Waals surface area contributed by atoms with Gasteiger partial charge in [-0.25, -0.2) is 5.43 Å². The van der Waals surface area contributed by atoms with Crippen LogP contribution in [0.25, 0.3) is 0 Å². The average molecular weight is 437 g/mol. The van der Waals surface area contributed by atoms with Crippen molar-refractivity contribution in [1.82, 2.24) is 5.43 Å². The maximum Gasteiger partial charge on any atom is 0.206 e. The molecule has 0 bridgehead atoms. The molecule has 3 saturated carbocycles. The molecule has 1 aromatic rings. The fraction of sp³-hybridized carbons (Fsp3) is 0.615. The molecule has 1 aromatic carbocycles. The van der Waals surface area contributed by atoms with Gasteiger partial charge in [0, 0.05) is 5.41 Å². The molecular weight excluding hydrogens is 400 g/mol. The summed E-state index contributed by atoms with van der Waals surface area (Å²) in [7, 11) is 0. The highest BCUT2D eigenvalue weighted by molar-refractivity contribution is 5.97. The molecule has 4 aliphatic rings. The van der Waals surface area contributed by atoms with Crippen LogP contribution in [0, 0.1) is 28.1 Å². The third kappa shape index (κ3) is 2.78. The van der Waals surface area contributed by atoms with Crippen molar-refractivity contribution in [3.63, 3.8) is 0 Å². The van der Waals surface area contributed by atoms with Crippen LogP contribution in [0.15, 0.2) is 47.1 Å². The zero-order valence-electron chi connectivity index (χ0n) is 19.2. The van der Waals surface area contributed by atoms with E-state index in [-0.39, 0.29) is 17.3 Å². The minimum atomic E-state index is -0.990. The monoisotopic (exact) mass is 436 g/mol. The first-order valence-electron chi connectivity index (χ1n) is 12.0. The van der Waals surface area contributed by atoms with Gasteiger partial charge < -0.3 is 15.9 Å². The number of guanidine groups is 1. The standard InChI is InChI=1S/C26H36N4O2/c1-23-12-10-19(29-30-22(27)28)16-18(23)8-9-21-20(23)11-13-24(2)25(31,14-15-26(21,24)32)17-6-4-3-5-7-17/h3-7,16,20-21,31-32H,8-15H2,1-2H3,(H4,27,28,30)/t20-,21+,23-,24+,25-,26-/m0/s1. The van der Waals surface area contributed by atoms with Gasteiger partial charge in [0.1, 0.15) is 0 Å². The molecule has 6 heteroatoms. The van der Waals surface area contributed by atoms with Gasteiger partial charge in [-0.05, 0) is 80.3 Å². The molecule has 0 heterocycles. The number of benzene rings is 1. The summed E-state index contributed by atoms with van der Waals surface area (Å²) in [5.74, 6) is 0.449. The zero-order chi connectivity index (χ0) is 22.8. The molecule has 6 atom stereocenters. The summed E-state index contributed by atoms with van der Waals surface area (Å²) in [6.45, 7) is 4.51. The summed E-state index contributed by atoms with van der Waals surface area (Å²) in [5.41, 5.74) is 8.92. The van der Waals surface area contributed by atoms with E-state index in [1.165, 1.54) is 5.57 Å². The van der Waals surface area contributed by atoms with Crippen molar-refractivity contribution < 1.29 is 10.2 Å². The fourth-order valence-electron chi connectivity index (χ4n) is 7.96. The molecule has 172 valence electrons. The number of hydrogen-bond donors (Lipinski definition) is 5. The minimum Gasteiger partial charge on any atom is -0.389 e. The lowest BCUT2D eigenvalue weighted by atomic mass is 9.44. The largest absolute Gasteiger partial charge is 0.389 e. The number of rotatable bonds is 2. The number of hydrogen-bond acceptors (Lipinski definition) is 4. The lowest BCUT2D eigenvalue weighted by Crippen LogP contribution is -2.63. The number of nitrogens with zero attached hydrogens (tertiary/aromatic N) is 1. The number of fused-ring (bicyclic) bond motifs is 5. The van der Waals surface area contributed by atoms with Gasteiger partial charge in [-0.15, -0.1) is 0 Å². The maximum absolute atomic E-state index is 12.3. The minimum absolute atomic E-state index is 0.0443. The second kappa shape index (κ2) is 7.16. The third-order valence-corrected chi connectivity index (χ3v) is 9.88. The Bertz CT molecular complexity index is 991. The van der Waals surface area contributed by atoms with Crippen molar-refractivity contribution in [2.75, 3.05) is 0 Å². The predicted octanol–water partition coefficient (Wildman–Crippen LogP) is 3.79. The number of aliphatic hydroxyl groups is 2. The first-order chi connectivity index (χ1) is 15.1. The van der Waals surface area contributed by atoms with Crippen LogP contribution in [0.4, 0.5) is 0 Å². The van der Waals surface area contributed by atoms with Crippen molar-refractivity contribution in [2.45, 2.75) is 76.4 Å². The molecule has 6 nitrogen and oxygen atoms in total. The highest BCUT2D eigenvalue weighted by Gasteiger charge is 2.71. The molecule has 0 radical (unpaired) electrons. The van der Waals surface area contributed by atoms with Gasteiger partial charge in [0.25, 0.3) is 0 Å². The third-order valence-electron chi connectivity index (χ3n) is 9.88. The van der Waals surface area contributed by atoms with E-state index in [1.54, 1.807) is 0 Å². The Kier molecular flexibility index (Phi) is 4.84. The van der Waals surface area contributed by atoms with E-state index in [4.69, 9.17) is 11.1 Å². The topological polar surface area (TPSA) is 115 Å². The van der Waals surface area contributed by atoms with Crippen LogP contribution in [-0.4, -0.2) is 27.5 Å². The fourth-order valence-corrected chi connectivity index (χ4v) is 7.96. The second-order valence-corrected chi connectivity index (χ2v) is 11.0. The molecular formula is C26H36N4O2. The van der Waals surface area contributed by atoms with E-state index in [0.717, 1.165) is 49.8 Å². The highest BCUT2D eigenvalue weighted by Crippen LogP contribution is 2.71. The van der Waals surface area contributed by atoms with Gasteiger partial charge in [0.15, 0.2) is 0 Å². The summed E-state index contributed by atoms with van der Waals surface area (Å²) in [4.78, 5) is 0. The maximum atomic E-state index is 12.3. The van der Waals surface area contributed by atoms with Gasteiger partial charge in [-0.2, -0.15) is 5.10 Å². The van der Waals surface area contributed by atoms with Crippen LogP contribution in [-0.2, 0) is 5.60 Å². The molecule has 0 spiro atoms. The van der Waals surface area contributed by atoms with Crippen molar-refractivity contribution in [3.05, 3.63) is 47.5 Å². The van der Waals surface area contributed by atoms with Gasteiger partial charge in [0.05, 0.1) is 16.9 Å². The lowest BCUT2D eigenvalue weighted by molar-refractivity contribution is -0.221. The van der Waals surface area contributed by atoms with Crippen molar-refractivity contribution in [2.24, 2.45) is 33.5 Å². The Hall–Kier alpha value is -2.18. The van der Waals surface area contributed by atoms with Crippen LogP contribution in [0.3, 0.4) is 0 Å². The summed E-state index contributed by atoms with van der Waals surface area (Å²) >= 11 is 0. The zero-order valence-corrected chi connectivity index (χ0v) is 19.2. The first kappa shape index (κ1) is 21.7. The molecule has 32 heavy (non-hydrogen) atoms. The van der Waals surface area contributed by atoms with E-state index in [2.05, 4.69) is 30.5 Å². The van der Waals surface area contributed by atoms with E-state index in [0.29, 0.717) is 18.8 Å². The smallest absolute Gasteiger partial charge is 0.206 e. The summed E-state index contributed by atoms with van der Waals surface area (Å²) in [5, 5.41) is 35.9. The Balaban J connectivity index is 1.48. The number of nitrogens with one attached hydrogen (secondary N) is 2. The number of hydrazone groups is 1. The lowest BCUT2D eigenvalue weighted by Gasteiger charge is -2.62. The molecule has 3 fully saturated rings. The SMILES string of the molecule is C[C@]12CC[C@H]3[C@@H](CCC4=CC(=NNC(=N)N)CC[C@@]43C)[C@@]1(O)CC[C@]2(O)c1ccccc1. The molecule has 6 N–H and O–H groups in total. The van der Waals surface area contributed by atoms with E-state index < -0.39 is 16.6 Å². The summed E-state index contributed by atoms with van der Waals surface area (Å²) in [6.07, 6.45) is 9.02. The van der Waals surface area contributed by atoms with E-state index in [1.807, 2.05) is 30.3 Å². The molecule has 0 aliphatic heterocycles. The Morgan fingerprint density at radius 2 is 1.78 bits per heavy atom.